The van der Waals surface area contributed by atoms with Gasteiger partial charge in [-0.2, -0.15) is 0 Å². The van der Waals surface area contributed by atoms with Crippen molar-refractivity contribution >= 4 is 32.2 Å². The minimum Gasteiger partial charge on any atom is -0.497 e. The number of carbonyl (C=O) groups is 1. The Morgan fingerprint density at radius 3 is 2.41 bits per heavy atom. The van der Waals surface area contributed by atoms with Crippen LogP contribution in [0.2, 0.25) is 0 Å². The van der Waals surface area contributed by atoms with E-state index in [0.29, 0.717) is 16.9 Å². The number of rotatable bonds is 6. The van der Waals surface area contributed by atoms with Crippen molar-refractivity contribution in [1.29, 1.82) is 0 Å². The molecule has 3 aromatic rings. The van der Waals surface area contributed by atoms with E-state index in [4.69, 9.17) is 4.74 Å². The van der Waals surface area contributed by atoms with Gasteiger partial charge in [0.15, 0.2) is 0 Å². The third-order valence-corrected chi connectivity index (χ3v) is 6.49. The number of aromatic nitrogens is 2. The van der Waals surface area contributed by atoms with Crippen molar-refractivity contribution in [3.8, 4) is 5.75 Å². The number of halogens is 1. The Labute approximate surface area is 158 Å². The Kier molecular flexibility index (Phi) is 5.47. The van der Waals surface area contributed by atoms with Gasteiger partial charge < -0.3 is 4.74 Å². The summed E-state index contributed by atoms with van der Waals surface area (Å²) in [4.78, 5) is 12.2. The number of methoxy groups -OCH3 is 1. The van der Waals surface area contributed by atoms with Crippen LogP contribution in [0.4, 0.5) is 9.52 Å². The fraction of sp³-hybridized carbons (Fsp3) is 0.118. The van der Waals surface area contributed by atoms with E-state index in [9.17, 15) is 17.6 Å². The van der Waals surface area contributed by atoms with Gasteiger partial charge in [-0.3, -0.25) is 10.1 Å². The lowest BCUT2D eigenvalue weighted by Gasteiger charge is -2.03. The van der Waals surface area contributed by atoms with Crippen molar-refractivity contribution in [2.45, 2.75) is 10.1 Å². The maximum absolute atomic E-state index is 12.9. The molecule has 0 bridgehead atoms. The highest BCUT2D eigenvalue weighted by Crippen LogP contribution is 2.24. The van der Waals surface area contributed by atoms with E-state index in [1.807, 2.05) is 0 Å². The standard InChI is InChI=1S/C17H14FN3O4S2/c1-25-14-8-4-12(5-9-14)15(22)19-16-20-21-17(26-16)27(23,24)10-11-2-6-13(18)7-3-11/h2-9H,10H2,1H3,(H,19,20,22). The van der Waals surface area contributed by atoms with Crippen LogP contribution in [0.3, 0.4) is 0 Å². The van der Waals surface area contributed by atoms with Crippen LogP contribution in [0.25, 0.3) is 0 Å². The molecule has 1 N–H and O–H groups in total. The first kappa shape index (κ1) is 18.9. The van der Waals surface area contributed by atoms with Crippen molar-refractivity contribution in [3.63, 3.8) is 0 Å². The molecule has 1 aromatic heterocycles. The summed E-state index contributed by atoms with van der Waals surface area (Å²) in [5.41, 5.74) is 0.789. The van der Waals surface area contributed by atoms with Crippen LogP contribution in [-0.4, -0.2) is 31.6 Å². The molecule has 10 heteroatoms. The van der Waals surface area contributed by atoms with Crippen LogP contribution < -0.4 is 10.1 Å². The van der Waals surface area contributed by atoms with Crippen molar-refractivity contribution in [2.75, 3.05) is 12.4 Å². The number of hydrogen-bond acceptors (Lipinski definition) is 7. The molecule has 0 fully saturated rings. The summed E-state index contributed by atoms with van der Waals surface area (Å²) in [5, 5.41) is 9.93. The highest BCUT2D eigenvalue weighted by Gasteiger charge is 2.22. The Balaban J connectivity index is 1.71. The minimum atomic E-state index is -3.76. The Morgan fingerprint density at radius 2 is 1.78 bits per heavy atom. The van der Waals surface area contributed by atoms with Crippen LogP contribution >= 0.6 is 11.3 Å². The molecule has 0 saturated heterocycles. The zero-order valence-corrected chi connectivity index (χ0v) is 15.7. The molecule has 0 spiro atoms. The molecular weight excluding hydrogens is 393 g/mol. The predicted molar refractivity (Wildman–Crippen MR) is 98.1 cm³/mol. The maximum Gasteiger partial charge on any atom is 0.257 e. The summed E-state index contributed by atoms with van der Waals surface area (Å²) in [6.45, 7) is 0. The van der Waals surface area contributed by atoms with Gasteiger partial charge in [-0.15, -0.1) is 10.2 Å². The normalized spacial score (nSPS) is 11.2. The van der Waals surface area contributed by atoms with E-state index >= 15 is 0 Å². The summed E-state index contributed by atoms with van der Waals surface area (Å²) in [6.07, 6.45) is 0. The molecule has 2 aromatic carbocycles. The van der Waals surface area contributed by atoms with Gasteiger partial charge in [0.1, 0.15) is 11.6 Å². The number of nitrogens with one attached hydrogen (secondary N) is 1. The number of amides is 1. The summed E-state index contributed by atoms with van der Waals surface area (Å²) in [6, 6.07) is 11.6. The summed E-state index contributed by atoms with van der Waals surface area (Å²) in [7, 11) is -2.24. The number of carbonyl (C=O) groups excluding carboxylic acids is 1. The van der Waals surface area contributed by atoms with Crippen LogP contribution in [0.15, 0.2) is 52.9 Å². The molecule has 1 amide bonds. The lowest BCUT2D eigenvalue weighted by atomic mass is 10.2. The van der Waals surface area contributed by atoms with Crippen molar-refractivity contribution in [1.82, 2.24) is 10.2 Å². The zero-order valence-electron chi connectivity index (χ0n) is 14.0. The van der Waals surface area contributed by atoms with E-state index < -0.39 is 21.6 Å². The first-order valence-corrected chi connectivity index (χ1v) is 10.1. The Bertz CT molecular complexity index is 1050. The molecule has 0 saturated carbocycles. The number of hydrogen-bond donors (Lipinski definition) is 1. The average molecular weight is 407 g/mol. The van der Waals surface area contributed by atoms with Gasteiger partial charge in [-0.05, 0) is 42.0 Å². The van der Waals surface area contributed by atoms with E-state index in [-0.39, 0.29) is 15.2 Å². The van der Waals surface area contributed by atoms with E-state index in [2.05, 4.69) is 15.5 Å². The molecule has 0 aliphatic carbocycles. The monoisotopic (exact) mass is 407 g/mol. The summed E-state index contributed by atoms with van der Waals surface area (Å²) >= 11 is 0.752. The molecule has 0 aliphatic rings. The summed E-state index contributed by atoms with van der Waals surface area (Å²) < 4.78 is 42.6. The Hall–Kier alpha value is -2.85. The quantitative estimate of drug-likeness (QED) is 0.631. The number of benzene rings is 2. The van der Waals surface area contributed by atoms with Gasteiger partial charge in [-0.25, -0.2) is 12.8 Å². The molecular formula is C17H14FN3O4S2. The molecule has 0 unspecified atom stereocenters. The second kappa shape index (κ2) is 7.80. The molecule has 3 rings (SSSR count). The third-order valence-electron chi connectivity index (χ3n) is 3.52. The smallest absolute Gasteiger partial charge is 0.257 e. The fourth-order valence-electron chi connectivity index (χ4n) is 2.16. The highest BCUT2D eigenvalue weighted by atomic mass is 32.2. The number of sulfone groups is 1. The third kappa shape index (κ3) is 4.66. The van der Waals surface area contributed by atoms with Crippen LogP contribution in [0.5, 0.6) is 5.75 Å². The number of anilines is 1. The number of nitrogens with zero attached hydrogens (tertiary/aromatic N) is 2. The molecule has 7 nitrogen and oxygen atoms in total. The maximum atomic E-state index is 12.9. The minimum absolute atomic E-state index is 0.0634. The van der Waals surface area contributed by atoms with Gasteiger partial charge >= 0.3 is 0 Å². The second-order valence-corrected chi connectivity index (χ2v) is 8.58. The van der Waals surface area contributed by atoms with Crippen LogP contribution in [0.1, 0.15) is 15.9 Å². The van der Waals surface area contributed by atoms with Crippen molar-refractivity contribution in [2.24, 2.45) is 0 Å². The van der Waals surface area contributed by atoms with Crippen LogP contribution in [-0.2, 0) is 15.6 Å². The van der Waals surface area contributed by atoms with E-state index in [1.165, 1.54) is 31.4 Å². The molecule has 0 atom stereocenters. The van der Waals surface area contributed by atoms with Crippen molar-refractivity contribution < 1.29 is 22.3 Å². The molecule has 1 heterocycles. The van der Waals surface area contributed by atoms with E-state index in [0.717, 1.165) is 11.3 Å². The van der Waals surface area contributed by atoms with E-state index in [1.54, 1.807) is 24.3 Å². The van der Waals surface area contributed by atoms with Gasteiger partial charge in [0, 0.05) is 5.56 Å². The largest absolute Gasteiger partial charge is 0.497 e. The Morgan fingerprint density at radius 1 is 1.11 bits per heavy atom. The SMILES string of the molecule is COc1ccc(C(=O)Nc2nnc(S(=O)(=O)Cc3ccc(F)cc3)s2)cc1. The molecule has 27 heavy (non-hydrogen) atoms. The van der Waals surface area contributed by atoms with Gasteiger partial charge in [0.25, 0.3) is 5.91 Å². The highest BCUT2D eigenvalue weighted by molar-refractivity contribution is 7.92. The van der Waals surface area contributed by atoms with Gasteiger partial charge in [0.05, 0.1) is 12.9 Å². The molecule has 0 radical (unpaired) electrons. The summed E-state index contributed by atoms with van der Waals surface area (Å²) in [5.74, 6) is -0.627. The second-order valence-electron chi connectivity index (χ2n) is 5.44. The average Bonchev–Trinajstić information content (AvgIpc) is 3.13. The van der Waals surface area contributed by atoms with Gasteiger partial charge in [-0.1, -0.05) is 23.5 Å². The topological polar surface area (TPSA) is 98.2 Å². The molecule has 140 valence electrons. The molecule has 0 aliphatic heterocycles. The predicted octanol–water partition coefficient (Wildman–Crippen LogP) is 2.91. The first-order valence-electron chi connectivity index (χ1n) is 7.63. The fourth-order valence-corrected chi connectivity index (χ4v) is 4.47. The lowest BCUT2D eigenvalue weighted by molar-refractivity contribution is 0.102. The zero-order chi connectivity index (χ0) is 19.4. The number of ether oxygens (including phenoxy) is 1. The first-order chi connectivity index (χ1) is 12.9. The van der Waals surface area contributed by atoms with Crippen LogP contribution in [0, 0.1) is 5.82 Å². The van der Waals surface area contributed by atoms with Crippen molar-refractivity contribution in [3.05, 3.63) is 65.5 Å². The lowest BCUT2D eigenvalue weighted by Crippen LogP contribution is -2.11. The van der Waals surface area contributed by atoms with Gasteiger partial charge in [0.2, 0.25) is 19.3 Å².